The summed E-state index contributed by atoms with van der Waals surface area (Å²) in [6.07, 6.45) is 0.423. The van der Waals surface area contributed by atoms with Gasteiger partial charge in [-0.2, -0.15) is 5.26 Å². The highest BCUT2D eigenvalue weighted by molar-refractivity contribution is 7.18. The third-order valence-electron chi connectivity index (χ3n) is 1.52. The minimum atomic E-state index is 0.0736. The lowest BCUT2D eigenvalue weighted by Crippen LogP contribution is -1.98. The highest BCUT2D eigenvalue weighted by Gasteiger charge is 2.01. The molecular formula is C9H8NOP. The average molecular weight is 177 g/mol. The van der Waals surface area contributed by atoms with Gasteiger partial charge >= 0.3 is 0 Å². The topological polar surface area (TPSA) is 40.9 Å². The monoisotopic (exact) mass is 177 g/mol. The zero-order valence-electron chi connectivity index (χ0n) is 6.45. The molecule has 2 nitrogen and oxygen atoms in total. The van der Waals surface area contributed by atoms with Crippen molar-refractivity contribution in [2.75, 3.05) is 6.16 Å². The van der Waals surface area contributed by atoms with Crippen molar-refractivity contribution < 1.29 is 4.79 Å². The van der Waals surface area contributed by atoms with Gasteiger partial charge in [0.15, 0.2) is 5.78 Å². The highest BCUT2D eigenvalue weighted by atomic mass is 31.0. The fraction of sp³-hybridized carbons (Fsp3) is 0.111. The predicted molar refractivity (Wildman–Crippen MR) is 50.1 cm³/mol. The molecule has 3 heteroatoms. The SMILES string of the molecule is N#Cc1ccc(C(=O)CP)cc1. The molecule has 0 saturated carbocycles. The van der Waals surface area contributed by atoms with Crippen molar-refractivity contribution >= 4 is 15.0 Å². The molecule has 0 aromatic heterocycles. The average Bonchev–Trinajstić information content (AvgIpc) is 2.17. The van der Waals surface area contributed by atoms with Crippen LogP contribution in [0.15, 0.2) is 24.3 Å². The van der Waals surface area contributed by atoms with Gasteiger partial charge in [0.1, 0.15) is 0 Å². The molecule has 1 rings (SSSR count). The molecule has 0 aliphatic rings. The van der Waals surface area contributed by atoms with Crippen molar-refractivity contribution in [3.63, 3.8) is 0 Å². The van der Waals surface area contributed by atoms with E-state index >= 15 is 0 Å². The van der Waals surface area contributed by atoms with Gasteiger partial charge in [-0.25, -0.2) is 0 Å². The minimum absolute atomic E-state index is 0.0736. The Morgan fingerprint density at radius 3 is 2.42 bits per heavy atom. The molecule has 1 aromatic carbocycles. The number of nitrogens with zero attached hydrogens (tertiary/aromatic N) is 1. The number of carbonyl (C=O) groups is 1. The van der Waals surface area contributed by atoms with Crippen molar-refractivity contribution in [1.29, 1.82) is 5.26 Å². The second-order valence-electron chi connectivity index (χ2n) is 2.32. The number of carbonyl (C=O) groups excluding carboxylic acids is 1. The molecule has 0 amide bonds. The number of Topliss-reactive ketones (excluding diaryl/α,β-unsaturated/α-hetero) is 1. The molecule has 0 aliphatic carbocycles. The van der Waals surface area contributed by atoms with Crippen molar-refractivity contribution in [3.8, 4) is 6.07 Å². The third kappa shape index (κ3) is 1.90. The van der Waals surface area contributed by atoms with Gasteiger partial charge < -0.3 is 0 Å². The Morgan fingerprint density at radius 1 is 1.42 bits per heavy atom. The zero-order valence-corrected chi connectivity index (χ0v) is 7.60. The Morgan fingerprint density at radius 2 is 2.00 bits per heavy atom. The van der Waals surface area contributed by atoms with Crippen molar-refractivity contribution in [3.05, 3.63) is 35.4 Å². The molecule has 1 aromatic rings. The van der Waals surface area contributed by atoms with Crippen LogP contribution in [0.5, 0.6) is 0 Å². The first-order valence-electron chi connectivity index (χ1n) is 3.51. The van der Waals surface area contributed by atoms with E-state index in [-0.39, 0.29) is 5.78 Å². The molecule has 0 fully saturated rings. The number of benzene rings is 1. The number of nitriles is 1. The second-order valence-corrected chi connectivity index (χ2v) is 2.72. The first kappa shape index (κ1) is 8.90. The van der Waals surface area contributed by atoms with Crippen LogP contribution in [-0.2, 0) is 0 Å². The molecule has 0 bridgehead atoms. The minimum Gasteiger partial charge on any atom is -0.294 e. The van der Waals surface area contributed by atoms with Crippen LogP contribution < -0.4 is 0 Å². The summed E-state index contributed by atoms with van der Waals surface area (Å²) < 4.78 is 0. The number of hydrogen-bond donors (Lipinski definition) is 0. The summed E-state index contributed by atoms with van der Waals surface area (Å²) in [5.74, 6) is 0.0736. The van der Waals surface area contributed by atoms with Crippen molar-refractivity contribution in [1.82, 2.24) is 0 Å². The van der Waals surface area contributed by atoms with E-state index in [1.807, 2.05) is 6.07 Å². The summed E-state index contributed by atoms with van der Waals surface area (Å²) in [6, 6.07) is 8.63. The summed E-state index contributed by atoms with van der Waals surface area (Å²) >= 11 is 0. The maximum absolute atomic E-state index is 11.1. The van der Waals surface area contributed by atoms with Crippen LogP contribution in [0.4, 0.5) is 0 Å². The van der Waals surface area contributed by atoms with Crippen molar-refractivity contribution in [2.24, 2.45) is 0 Å². The summed E-state index contributed by atoms with van der Waals surface area (Å²) in [4.78, 5) is 11.1. The molecule has 0 heterocycles. The van der Waals surface area contributed by atoms with Crippen LogP contribution >= 0.6 is 9.24 Å². The lowest BCUT2D eigenvalue weighted by atomic mass is 10.1. The third-order valence-corrected chi connectivity index (χ3v) is 1.89. The highest BCUT2D eigenvalue weighted by Crippen LogP contribution is 2.05. The summed E-state index contributed by atoms with van der Waals surface area (Å²) in [7, 11) is 2.38. The summed E-state index contributed by atoms with van der Waals surface area (Å²) in [5.41, 5.74) is 1.24. The lowest BCUT2D eigenvalue weighted by molar-refractivity contribution is 0.102. The van der Waals surface area contributed by atoms with Gasteiger partial charge in [0.2, 0.25) is 0 Å². The number of rotatable bonds is 2. The first-order chi connectivity index (χ1) is 5.77. The van der Waals surface area contributed by atoms with E-state index in [2.05, 4.69) is 9.24 Å². The fourth-order valence-corrected chi connectivity index (χ4v) is 1.08. The summed E-state index contributed by atoms with van der Waals surface area (Å²) in [5, 5.41) is 8.49. The quantitative estimate of drug-likeness (QED) is 0.508. The van der Waals surface area contributed by atoms with Gasteiger partial charge in [-0.15, -0.1) is 9.24 Å². The molecule has 0 spiro atoms. The fourth-order valence-electron chi connectivity index (χ4n) is 0.849. The van der Waals surface area contributed by atoms with Crippen LogP contribution in [0, 0.1) is 11.3 Å². The van der Waals surface area contributed by atoms with E-state index in [0.717, 1.165) is 0 Å². The Balaban J connectivity index is 2.94. The Hall–Kier alpha value is -1.19. The molecule has 0 saturated heterocycles. The largest absolute Gasteiger partial charge is 0.294 e. The predicted octanol–water partition coefficient (Wildman–Crippen LogP) is 1.62. The van der Waals surface area contributed by atoms with E-state index in [1.165, 1.54) is 0 Å². The van der Waals surface area contributed by atoms with Crippen LogP contribution in [-0.4, -0.2) is 11.9 Å². The van der Waals surface area contributed by atoms with Crippen LogP contribution in [0.3, 0.4) is 0 Å². The molecule has 60 valence electrons. The van der Waals surface area contributed by atoms with Gasteiger partial charge in [-0.1, -0.05) is 12.1 Å². The van der Waals surface area contributed by atoms with Gasteiger partial charge in [0.25, 0.3) is 0 Å². The van der Waals surface area contributed by atoms with E-state index in [9.17, 15) is 4.79 Å². The maximum Gasteiger partial charge on any atom is 0.166 e. The second kappa shape index (κ2) is 3.99. The van der Waals surface area contributed by atoms with Gasteiger partial charge in [0, 0.05) is 11.7 Å². The van der Waals surface area contributed by atoms with E-state index < -0.39 is 0 Å². The molecule has 12 heavy (non-hydrogen) atoms. The van der Waals surface area contributed by atoms with Gasteiger partial charge in [-0.05, 0) is 12.1 Å². The molecule has 0 radical (unpaired) electrons. The van der Waals surface area contributed by atoms with E-state index in [1.54, 1.807) is 24.3 Å². The Bertz CT molecular complexity index is 323. The van der Waals surface area contributed by atoms with Gasteiger partial charge in [0.05, 0.1) is 11.6 Å². The van der Waals surface area contributed by atoms with Crippen LogP contribution in [0.2, 0.25) is 0 Å². The first-order valence-corrected chi connectivity index (χ1v) is 4.33. The maximum atomic E-state index is 11.1. The number of hydrogen-bond acceptors (Lipinski definition) is 2. The molecule has 0 aliphatic heterocycles. The lowest BCUT2D eigenvalue weighted by Gasteiger charge is -1.95. The molecule has 1 unspecified atom stereocenters. The molecule has 0 N–H and O–H groups in total. The standard InChI is InChI=1S/C9H8NOP/c10-5-7-1-3-8(4-2-7)9(11)6-12/h1-4H,6,12H2. The van der Waals surface area contributed by atoms with Crippen LogP contribution in [0.25, 0.3) is 0 Å². The van der Waals surface area contributed by atoms with Crippen LogP contribution in [0.1, 0.15) is 15.9 Å². The molecular weight excluding hydrogens is 169 g/mol. The normalized spacial score (nSPS) is 9.00. The molecule has 1 atom stereocenters. The Labute approximate surface area is 73.4 Å². The summed E-state index contributed by atoms with van der Waals surface area (Å²) in [6.45, 7) is 0. The van der Waals surface area contributed by atoms with Gasteiger partial charge in [-0.3, -0.25) is 4.79 Å². The van der Waals surface area contributed by atoms with E-state index in [4.69, 9.17) is 5.26 Å². The smallest absolute Gasteiger partial charge is 0.166 e. The number of ketones is 1. The van der Waals surface area contributed by atoms with Crippen molar-refractivity contribution in [2.45, 2.75) is 0 Å². The Kier molecular flexibility index (Phi) is 2.96. The zero-order chi connectivity index (χ0) is 8.97. The van der Waals surface area contributed by atoms with E-state index in [0.29, 0.717) is 17.3 Å².